The maximum Gasteiger partial charge on any atom is 0.250 e. The lowest BCUT2D eigenvalue weighted by Gasteiger charge is -2.31. The number of unbranched alkanes of at least 4 members (excludes halogenated alkanes) is 1. The second-order valence-corrected chi connectivity index (χ2v) is 5.22. The van der Waals surface area contributed by atoms with E-state index in [1.165, 1.54) is 12.0 Å². The third-order valence-corrected chi connectivity index (χ3v) is 3.72. The average Bonchev–Trinajstić information content (AvgIpc) is 2.52. The Morgan fingerprint density at radius 2 is 2.15 bits per heavy atom. The van der Waals surface area contributed by atoms with Crippen LogP contribution >= 0.6 is 0 Å². The van der Waals surface area contributed by atoms with Gasteiger partial charge in [-0.3, -0.25) is 9.69 Å². The highest BCUT2D eigenvalue weighted by atomic mass is 16.5. The lowest BCUT2D eigenvalue weighted by molar-refractivity contribution is -0.138. The van der Waals surface area contributed by atoms with Crippen molar-refractivity contribution in [3.63, 3.8) is 0 Å². The third kappa shape index (κ3) is 4.62. The summed E-state index contributed by atoms with van der Waals surface area (Å²) in [6.07, 6.45) is 3.17. The summed E-state index contributed by atoms with van der Waals surface area (Å²) in [5.41, 5.74) is 1.40. The largest absolute Gasteiger partial charge is 0.366 e. The molecule has 1 saturated heterocycles. The van der Waals surface area contributed by atoms with Crippen LogP contribution in [0.4, 0.5) is 0 Å². The molecule has 1 unspecified atom stereocenters. The molecule has 1 atom stereocenters. The van der Waals surface area contributed by atoms with E-state index in [1.54, 1.807) is 7.05 Å². The molecule has 1 amide bonds. The van der Waals surface area contributed by atoms with Crippen LogP contribution in [-0.4, -0.2) is 50.2 Å². The van der Waals surface area contributed by atoms with Gasteiger partial charge in [0.25, 0.3) is 0 Å². The number of nitrogens with one attached hydrogen (secondary N) is 1. The second kappa shape index (κ2) is 8.02. The Morgan fingerprint density at radius 1 is 1.35 bits per heavy atom. The Hall–Kier alpha value is -1.39. The Labute approximate surface area is 121 Å². The van der Waals surface area contributed by atoms with Gasteiger partial charge in [-0.05, 0) is 31.4 Å². The number of ether oxygens (including phenoxy) is 1. The van der Waals surface area contributed by atoms with E-state index in [9.17, 15) is 4.79 Å². The number of amides is 1. The summed E-state index contributed by atoms with van der Waals surface area (Å²) in [6.45, 7) is 3.34. The molecule has 0 spiro atoms. The van der Waals surface area contributed by atoms with Crippen molar-refractivity contribution in [3.8, 4) is 0 Å². The molecule has 4 heteroatoms. The molecule has 110 valence electrons. The van der Waals surface area contributed by atoms with Gasteiger partial charge in [-0.25, -0.2) is 0 Å². The van der Waals surface area contributed by atoms with Crippen molar-refractivity contribution in [2.75, 3.05) is 33.3 Å². The molecule has 20 heavy (non-hydrogen) atoms. The summed E-state index contributed by atoms with van der Waals surface area (Å²) in [6, 6.07) is 10.6. The summed E-state index contributed by atoms with van der Waals surface area (Å²) in [5.74, 6) is -0.0148. The minimum absolute atomic E-state index is 0.0148. The van der Waals surface area contributed by atoms with Crippen molar-refractivity contribution in [1.82, 2.24) is 10.2 Å². The highest BCUT2D eigenvalue weighted by Crippen LogP contribution is 2.09. The first-order valence-corrected chi connectivity index (χ1v) is 7.39. The van der Waals surface area contributed by atoms with E-state index >= 15 is 0 Å². The lowest BCUT2D eigenvalue weighted by Crippen LogP contribution is -2.49. The minimum atomic E-state index is -0.303. The molecular weight excluding hydrogens is 252 g/mol. The van der Waals surface area contributed by atoms with E-state index in [0.717, 1.165) is 25.9 Å². The van der Waals surface area contributed by atoms with Gasteiger partial charge in [-0.15, -0.1) is 0 Å². The molecule has 1 aromatic carbocycles. The van der Waals surface area contributed by atoms with Crippen LogP contribution in [0, 0.1) is 0 Å². The van der Waals surface area contributed by atoms with E-state index < -0.39 is 0 Å². The van der Waals surface area contributed by atoms with Crippen LogP contribution in [0.15, 0.2) is 30.3 Å². The van der Waals surface area contributed by atoms with Crippen LogP contribution in [0.3, 0.4) is 0 Å². The first-order chi connectivity index (χ1) is 9.79. The molecule has 0 radical (unpaired) electrons. The van der Waals surface area contributed by atoms with Gasteiger partial charge in [-0.1, -0.05) is 30.3 Å². The van der Waals surface area contributed by atoms with Crippen molar-refractivity contribution in [1.29, 1.82) is 0 Å². The SMILES string of the molecule is CNC(=O)C1CN(CCCCc2ccccc2)CCO1. The van der Waals surface area contributed by atoms with Crippen LogP contribution in [-0.2, 0) is 16.0 Å². The quantitative estimate of drug-likeness (QED) is 0.800. The van der Waals surface area contributed by atoms with Crippen LogP contribution in [0.25, 0.3) is 0 Å². The zero-order chi connectivity index (χ0) is 14.2. The molecule has 1 aliphatic heterocycles. The maximum absolute atomic E-state index is 11.6. The zero-order valence-corrected chi connectivity index (χ0v) is 12.2. The van der Waals surface area contributed by atoms with Crippen LogP contribution < -0.4 is 5.32 Å². The van der Waals surface area contributed by atoms with Gasteiger partial charge in [-0.2, -0.15) is 0 Å². The molecule has 0 saturated carbocycles. The van der Waals surface area contributed by atoms with Gasteiger partial charge in [0.1, 0.15) is 6.10 Å². The molecule has 1 aliphatic rings. The van der Waals surface area contributed by atoms with Gasteiger partial charge in [0.15, 0.2) is 0 Å². The monoisotopic (exact) mass is 276 g/mol. The molecule has 0 aliphatic carbocycles. The summed E-state index contributed by atoms with van der Waals surface area (Å²) in [4.78, 5) is 13.9. The van der Waals surface area contributed by atoms with E-state index in [4.69, 9.17) is 4.74 Å². The Morgan fingerprint density at radius 3 is 2.90 bits per heavy atom. The highest BCUT2D eigenvalue weighted by molar-refractivity contribution is 5.80. The predicted octanol–water partition coefficient (Wildman–Crippen LogP) is 1.46. The fourth-order valence-corrected chi connectivity index (χ4v) is 2.53. The zero-order valence-electron chi connectivity index (χ0n) is 12.2. The number of likely N-dealkylation sites (N-methyl/N-ethyl adjacent to an activating group) is 1. The van der Waals surface area contributed by atoms with Gasteiger partial charge < -0.3 is 10.1 Å². The van der Waals surface area contributed by atoms with Crippen molar-refractivity contribution in [3.05, 3.63) is 35.9 Å². The van der Waals surface area contributed by atoms with E-state index in [-0.39, 0.29) is 12.0 Å². The van der Waals surface area contributed by atoms with Crippen molar-refractivity contribution >= 4 is 5.91 Å². The molecule has 0 aromatic heterocycles. The Bertz CT molecular complexity index is 408. The molecule has 1 heterocycles. The average molecular weight is 276 g/mol. The topological polar surface area (TPSA) is 41.6 Å². The molecule has 0 bridgehead atoms. The number of hydrogen-bond acceptors (Lipinski definition) is 3. The second-order valence-electron chi connectivity index (χ2n) is 5.22. The molecule has 2 rings (SSSR count). The summed E-state index contributed by atoms with van der Waals surface area (Å²) < 4.78 is 5.48. The highest BCUT2D eigenvalue weighted by Gasteiger charge is 2.25. The van der Waals surface area contributed by atoms with E-state index in [0.29, 0.717) is 13.2 Å². The van der Waals surface area contributed by atoms with E-state index in [2.05, 4.69) is 40.5 Å². The van der Waals surface area contributed by atoms with Crippen molar-refractivity contribution in [2.45, 2.75) is 25.4 Å². The van der Waals surface area contributed by atoms with Crippen LogP contribution in [0.5, 0.6) is 0 Å². The fraction of sp³-hybridized carbons (Fsp3) is 0.562. The first kappa shape index (κ1) is 15.0. The molecule has 4 nitrogen and oxygen atoms in total. The number of morpholine rings is 1. The minimum Gasteiger partial charge on any atom is -0.366 e. The maximum atomic E-state index is 11.6. The summed E-state index contributed by atoms with van der Waals surface area (Å²) >= 11 is 0. The predicted molar refractivity (Wildman–Crippen MR) is 79.6 cm³/mol. The molecule has 1 N–H and O–H groups in total. The van der Waals surface area contributed by atoms with Crippen LogP contribution in [0.1, 0.15) is 18.4 Å². The Balaban J connectivity index is 1.65. The standard InChI is InChI=1S/C16H24N2O2/c1-17-16(19)15-13-18(11-12-20-15)10-6-5-9-14-7-3-2-4-8-14/h2-4,7-8,15H,5-6,9-13H2,1H3,(H,17,19). The summed E-state index contributed by atoms with van der Waals surface area (Å²) in [5, 5.41) is 2.65. The Kier molecular flexibility index (Phi) is 6.02. The molecule has 1 aromatic rings. The number of nitrogens with zero attached hydrogens (tertiary/aromatic N) is 1. The van der Waals surface area contributed by atoms with Gasteiger partial charge in [0, 0.05) is 20.1 Å². The first-order valence-electron chi connectivity index (χ1n) is 7.39. The van der Waals surface area contributed by atoms with Gasteiger partial charge >= 0.3 is 0 Å². The number of hydrogen-bond donors (Lipinski definition) is 1. The van der Waals surface area contributed by atoms with Crippen molar-refractivity contribution < 1.29 is 9.53 Å². The number of carbonyl (C=O) groups excluding carboxylic acids is 1. The number of carbonyl (C=O) groups is 1. The smallest absolute Gasteiger partial charge is 0.250 e. The van der Waals surface area contributed by atoms with Gasteiger partial charge in [0.05, 0.1) is 6.61 Å². The summed E-state index contributed by atoms with van der Waals surface area (Å²) in [7, 11) is 1.66. The third-order valence-electron chi connectivity index (χ3n) is 3.72. The number of benzene rings is 1. The fourth-order valence-electron chi connectivity index (χ4n) is 2.53. The van der Waals surface area contributed by atoms with Crippen molar-refractivity contribution in [2.24, 2.45) is 0 Å². The van der Waals surface area contributed by atoms with Gasteiger partial charge in [0.2, 0.25) is 5.91 Å². The number of rotatable bonds is 6. The molecule has 1 fully saturated rings. The normalized spacial score (nSPS) is 19.8. The number of aryl methyl sites for hydroxylation is 1. The van der Waals surface area contributed by atoms with Crippen LogP contribution in [0.2, 0.25) is 0 Å². The molecular formula is C16H24N2O2. The lowest BCUT2D eigenvalue weighted by atomic mass is 10.1. The van der Waals surface area contributed by atoms with E-state index in [1.807, 2.05) is 0 Å².